The van der Waals surface area contributed by atoms with E-state index in [1.807, 2.05) is 18.2 Å². The third kappa shape index (κ3) is 3.97. The summed E-state index contributed by atoms with van der Waals surface area (Å²) in [5.41, 5.74) is 1.53. The van der Waals surface area contributed by atoms with Crippen LogP contribution in [0.5, 0.6) is 0 Å². The molecular formula is C15H20N2O3S. The summed E-state index contributed by atoms with van der Waals surface area (Å²) in [5.74, 6) is 0.450. The molecule has 1 aromatic rings. The molecule has 0 aromatic heterocycles. The number of carbonyl (C=O) groups is 1. The van der Waals surface area contributed by atoms with Gasteiger partial charge >= 0.3 is 0 Å². The number of anilines is 1. The maximum absolute atomic E-state index is 12.0. The molecule has 0 radical (unpaired) electrons. The normalized spacial score (nSPS) is 21.7. The second kappa shape index (κ2) is 5.67. The first kappa shape index (κ1) is 14.4. The number of hydrogen-bond donors (Lipinski definition) is 2. The van der Waals surface area contributed by atoms with Gasteiger partial charge in [0.15, 0.2) is 0 Å². The van der Waals surface area contributed by atoms with Crippen LogP contribution < -0.4 is 10.6 Å². The smallest absolute Gasteiger partial charge is 0.251 e. The van der Waals surface area contributed by atoms with Crippen LogP contribution in [-0.2, 0) is 9.84 Å². The third-order valence-corrected chi connectivity index (χ3v) is 5.68. The maximum Gasteiger partial charge on any atom is 0.251 e. The van der Waals surface area contributed by atoms with Crippen molar-refractivity contribution >= 4 is 21.4 Å². The molecule has 2 fully saturated rings. The summed E-state index contributed by atoms with van der Waals surface area (Å²) in [6.45, 7) is 0. The Morgan fingerprint density at radius 2 is 1.76 bits per heavy atom. The van der Waals surface area contributed by atoms with Crippen molar-refractivity contribution in [2.75, 3.05) is 16.8 Å². The summed E-state index contributed by atoms with van der Waals surface area (Å²) in [7, 11) is -2.84. The zero-order valence-corrected chi connectivity index (χ0v) is 12.7. The third-order valence-electron chi connectivity index (χ3n) is 3.96. The van der Waals surface area contributed by atoms with E-state index in [0.29, 0.717) is 24.4 Å². The van der Waals surface area contributed by atoms with E-state index in [2.05, 4.69) is 10.6 Å². The Morgan fingerprint density at radius 3 is 2.43 bits per heavy atom. The van der Waals surface area contributed by atoms with Crippen LogP contribution in [0.3, 0.4) is 0 Å². The number of amides is 1. The summed E-state index contributed by atoms with van der Waals surface area (Å²) in [5, 5.41) is 6.30. The first-order chi connectivity index (χ1) is 10.0. The molecule has 1 amide bonds. The lowest BCUT2D eigenvalue weighted by Crippen LogP contribution is -2.32. The lowest BCUT2D eigenvalue weighted by molar-refractivity contribution is 0.0951. The molecule has 0 unspecified atom stereocenters. The molecule has 3 rings (SSSR count). The Balaban J connectivity index is 1.61. The van der Waals surface area contributed by atoms with E-state index in [1.54, 1.807) is 6.07 Å². The predicted octanol–water partition coefficient (Wildman–Crippen LogP) is 1.57. The van der Waals surface area contributed by atoms with Gasteiger partial charge in [-0.15, -0.1) is 0 Å². The highest BCUT2D eigenvalue weighted by atomic mass is 32.2. The summed E-state index contributed by atoms with van der Waals surface area (Å²) in [6, 6.07) is 7.91. The molecule has 1 aromatic carbocycles. The number of sulfone groups is 1. The minimum Gasteiger partial charge on any atom is -0.382 e. The van der Waals surface area contributed by atoms with Crippen molar-refractivity contribution in [3.8, 4) is 0 Å². The van der Waals surface area contributed by atoms with Crippen molar-refractivity contribution in [2.24, 2.45) is 0 Å². The topological polar surface area (TPSA) is 75.3 Å². The fourth-order valence-electron chi connectivity index (χ4n) is 2.52. The zero-order chi connectivity index (χ0) is 14.9. The van der Waals surface area contributed by atoms with Gasteiger partial charge < -0.3 is 10.6 Å². The Hall–Kier alpha value is -1.56. The summed E-state index contributed by atoms with van der Waals surface area (Å²) < 4.78 is 22.8. The Labute approximate surface area is 125 Å². The van der Waals surface area contributed by atoms with E-state index in [1.165, 1.54) is 0 Å². The number of rotatable bonds is 4. The summed E-state index contributed by atoms with van der Waals surface area (Å²) in [4.78, 5) is 12.0. The van der Waals surface area contributed by atoms with Gasteiger partial charge in [0.1, 0.15) is 9.84 Å². The average molecular weight is 308 g/mol. The number of carbonyl (C=O) groups excluding carboxylic acids is 1. The highest BCUT2D eigenvalue weighted by molar-refractivity contribution is 7.91. The van der Waals surface area contributed by atoms with Crippen LogP contribution >= 0.6 is 0 Å². The fourth-order valence-corrected chi connectivity index (χ4v) is 4.01. The molecule has 1 aliphatic heterocycles. The monoisotopic (exact) mass is 308 g/mol. The second-order valence-electron chi connectivity index (χ2n) is 5.90. The standard InChI is InChI=1S/C15H20N2O3S/c18-15(17-12-4-5-12)11-2-1-3-14(10-11)16-13-6-8-21(19,20)9-7-13/h1-3,10,12-13,16H,4-9H2,(H,17,18). The molecule has 6 heteroatoms. The molecule has 5 nitrogen and oxygen atoms in total. The molecule has 2 N–H and O–H groups in total. The van der Waals surface area contributed by atoms with Gasteiger partial charge in [0.05, 0.1) is 11.5 Å². The largest absolute Gasteiger partial charge is 0.382 e. The highest BCUT2D eigenvalue weighted by Gasteiger charge is 2.25. The lowest BCUT2D eigenvalue weighted by atomic mass is 10.1. The molecule has 0 atom stereocenters. The first-order valence-corrected chi connectivity index (χ1v) is 9.22. The molecular weight excluding hydrogens is 288 g/mol. The van der Waals surface area contributed by atoms with Gasteiger partial charge in [0.2, 0.25) is 0 Å². The van der Waals surface area contributed by atoms with E-state index in [9.17, 15) is 13.2 Å². The molecule has 21 heavy (non-hydrogen) atoms. The van der Waals surface area contributed by atoms with E-state index < -0.39 is 9.84 Å². The lowest BCUT2D eigenvalue weighted by Gasteiger charge is -2.24. The van der Waals surface area contributed by atoms with Crippen molar-refractivity contribution in [3.63, 3.8) is 0 Å². The summed E-state index contributed by atoms with van der Waals surface area (Å²) >= 11 is 0. The SMILES string of the molecule is O=C(NC1CC1)c1cccc(NC2CCS(=O)(=O)CC2)c1. The van der Waals surface area contributed by atoms with Crippen molar-refractivity contribution < 1.29 is 13.2 Å². The molecule has 1 aliphatic carbocycles. The fraction of sp³-hybridized carbons (Fsp3) is 0.533. The number of hydrogen-bond acceptors (Lipinski definition) is 4. The van der Waals surface area contributed by atoms with Gasteiger partial charge in [0, 0.05) is 23.3 Å². The Kier molecular flexibility index (Phi) is 3.89. The van der Waals surface area contributed by atoms with Crippen LogP contribution in [0.1, 0.15) is 36.0 Å². The Bertz CT molecular complexity index is 624. The van der Waals surface area contributed by atoms with Crippen LogP contribution in [0, 0.1) is 0 Å². The van der Waals surface area contributed by atoms with Crippen LogP contribution in [-0.4, -0.2) is 37.9 Å². The van der Waals surface area contributed by atoms with Gasteiger partial charge in [-0.3, -0.25) is 4.79 Å². The minimum absolute atomic E-state index is 0.0348. The number of nitrogens with one attached hydrogen (secondary N) is 2. The van der Waals surface area contributed by atoms with Gasteiger partial charge in [0.25, 0.3) is 5.91 Å². The van der Waals surface area contributed by atoms with E-state index in [0.717, 1.165) is 18.5 Å². The predicted molar refractivity (Wildman–Crippen MR) is 82.2 cm³/mol. The Morgan fingerprint density at radius 1 is 1.05 bits per heavy atom. The average Bonchev–Trinajstić information content (AvgIpc) is 3.25. The van der Waals surface area contributed by atoms with E-state index in [-0.39, 0.29) is 23.5 Å². The van der Waals surface area contributed by atoms with Crippen LogP contribution in [0.25, 0.3) is 0 Å². The molecule has 0 bridgehead atoms. The van der Waals surface area contributed by atoms with Gasteiger partial charge in [-0.1, -0.05) is 6.07 Å². The van der Waals surface area contributed by atoms with Crippen molar-refractivity contribution in [3.05, 3.63) is 29.8 Å². The van der Waals surface area contributed by atoms with Gasteiger partial charge in [-0.25, -0.2) is 8.42 Å². The zero-order valence-electron chi connectivity index (χ0n) is 11.8. The summed E-state index contributed by atoms with van der Waals surface area (Å²) in [6.07, 6.45) is 3.39. The van der Waals surface area contributed by atoms with Gasteiger partial charge in [-0.05, 0) is 43.9 Å². The van der Waals surface area contributed by atoms with Crippen LogP contribution in [0.4, 0.5) is 5.69 Å². The molecule has 1 saturated carbocycles. The molecule has 1 heterocycles. The maximum atomic E-state index is 12.0. The first-order valence-electron chi connectivity index (χ1n) is 7.40. The van der Waals surface area contributed by atoms with Crippen molar-refractivity contribution in [1.82, 2.24) is 5.32 Å². The van der Waals surface area contributed by atoms with E-state index >= 15 is 0 Å². The van der Waals surface area contributed by atoms with Crippen molar-refractivity contribution in [2.45, 2.75) is 37.8 Å². The molecule has 2 aliphatic rings. The van der Waals surface area contributed by atoms with Crippen molar-refractivity contribution in [1.29, 1.82) is 0 Å². The molecule has 114 valence electrons. The minimum atomic E-state index is -2.84. The van der Waals surface area contributed by atoms with Gasteiger partial charge in [-0.2, -0.15) is 0 Å². The second-order valence-corrected chi connectivity index (χ2v) is 8.20. The highest BCUT2D eigenvalue weighted by Crippen LogP contribution is 2.21. The quantitative estimate of drug-likeness (QED) is 0.885. The number of benzene rings is 1. The van der Waals surface area contributed by atoms with Crippen LogP contribution in [0.2, 0.25) is 0 Å². The molecule has 0 spiro atoms. The molecule has 1 saturated heterocycles. The van der Waals surface area contributed by atoms with Crippen LogP contribution in [0.15, 0.2) is 24.3 Å². The van der Waals surface area contributed by atoms with E-state index in [4.69, 9.17) is 0 Å².